The van der Waals surface area contributed by atoms with Crippen LogP contribution in [0.3, 0.4) is 0 Å². The van der Waals surface area contributed by atoms with E-state index in [1.165, 1.54) is 28.4 Å². The van der Waals surface area contributed by atoms with Crippen molar-refractivity contribution in [3.05, 3.63) is 27.7 Å². The van der Waals surface area contributed by atoms with Gasteiger partial charge in [-0.2, -0.15) is 0 Å². The van der Waals surface area contributed by atoms with E-state index in [1.54, 1.807) is 7.11 Å². The lowest BCUT2D eigenvalue weighted by Gasteiger charge is -2.29. The summed E-state index contributed by atoms with van der Waals surface area (Å²) in [6.07, 6.45) is 3.43. The normalized spacial score (nSPS) is 19.3. The van der Waals surface area contributed by atoms with Gasteiger partial charge in [-0.25, -0.2) is 0 Å². The smallest absolute Gasteiger partial charge is 0.123 e. The number of halogens is 1. The Balaban J connectivity index is 2.47. The van der Waals surface area contributed by atoms with E-state index in [-0.39, 0.29) is 0 Å². The zero-order valence-electron chi connectivity index (χ0n) is 9.85. The molecule has 0 saturated heterocycles. The number of hydrogen-bond donors (Lipinski definition) is 1. The molecule has 1 aromatic rings. The van der Waals surface area contributed by atoms with Gasteiger partial charge in [0.05, 0.1) is 7.11 Å². The van der Waals surface area contributed by atoms with Gasteiger partial charge in [0.15, 0.2) is 0 Å². The molecule has 88 valence electrons. The Morgan fingerprint density at radius 3 is 3.00 bits per heavy atom. The van der Waals surface area contributed by atoms with E-state index in [4.69, 9.17) is 4.74 Å². The standard InChI is InChI=1S/C13H18BrNO/c1-3-4-11-13-9(7-8-15-11)10(14)5-6-12(13)16-2/h5-6,11,15H,3-4,7-8H2,1-2H3. The second kappa shape index (κ2) is 5.19. The zero-order valence-corrected chi connectivity index (χ0v) is 11.4. The molecule has 0 fully saturated rings. The van der Waals surface area contributed by atoms with Gasteiger partial charge in [-0.05, 0) is 37.1 Å². The lowest BCUT2D eigenvalue weighted by atomic mass is 9.91. The van der Waals surface area contributed by atoms with Crippen molar-refractivity contribution in [1.82, 2.24) is 5.32 Å². The maximum atomic E-state index is 5.48. The number of hydrogen-bond acceptors (Lipinski definition) is 2. The van der Waals surface area contributed by atoms with Crippen LogP contribution in [0.4, 0.5) is 0 Å². The fraction of sp³-hybridized carbons (Fsp3) is 0.538. The van der Waals surface area contributed by atoms with Crippen molar-refractivity contribution in [2.24, 2.45) is 0 Å². The molecule has 1 aromatic carbocycles. The molecule has 0 spiro atoms. The Kier molecular flexibility index (Phi) is 3.87. The first kappa shape index (κ1) is 11.9. The van der Waals surface area contributed by atoms with E-state index in [9.17, 15) is 0 Å². The second-order valence-corrected chi connectivity index (χ2v) is 5.04. The van der Waals surface area contributed by atoms with E-state index in [0.29, 0.717) is 6.04 Å². The van der Waals surface area contributed by atoms with E-state index in [0.717, 1.165) is 18.7 Å². The highest BCUT2D eigenvalue weighted by Crippen LogP contribution is 2.37. The minimum absolute atomic E-state index is 0.446. The molecule has 0 aromatic heterocycles. The largest absolute Gasteiger partial charge is 0.496 e. The summed E-state index contributed by atoms with van der Waals surface area (Å²) >= 11 is 3.64. The number of benzene rings is 1. The Labute approximate surface area is 106 Å². The van der Waals surface area contributed by atoms with E-state index < -0.39 is 0 Å². The predicted molar refractivity (Wildman–Crippen MR) is 70.0 cm³/mol. The lowest BCUT2D eigenvalue weighted by molar-refractivity contribution is 0.385. The van der Waals surface area contributed by atoms with Crippen molar-refractivity contribution in [3.8, 4) is 5.75 Å². The van der Waals surface area contributed by atoms with Gasteiger partial charge in [-0.3, -0.25) is 0 Å². The van der Waals surface area contributed by atoms with Crippen molar-refractivity contribution in [1.29, 1.82) is 0 Å². The molecule has 1 atom stereocenters. The molecular formula is C13H18BrNO. The number of methoxy groups -OCH3 is 1. The van der Waals surface area contributed by atoms with Crippen molar-refractivity contribution in [2.45, 2.75) is 32.2 Å². The summed E-state index contributed by atoms with van der Waals surface area (Å²) < 4.78 is 6.70. The van der Waals surface area contributed by atoms with Crippen LogP contribution in [-0.4, -0.2) is 13.7 Å². The van der Waals surface area contributed by atoms with Crippen LogP contribution >= 0.6 is 15.9 Å². The molecule has 0 saturated carbocycles. The predicted octanol–water partition coefficient (Wildman–Crippen LogP) is 3.44. The molecule has 1 heterocycles. The van der Waals surface area contributed by atoms with Gasteiger partial charge < -0.3 is 10.1 Å². The highest BCUT2D eigenvalue weighted by Gasteiger charge is 2.24. The summed E-state index contributed by atoms with van der Waals surface area (Å²) in [6.45, 7) is 3.28. The molecule has 16 heavy (non-hydrogen) atoms. The van der Waals surface area contributed by atoms with E-state index in [1.807, 2.05) is 0 Å². The average Bonchev–Trinajstić information content (AvgIpc) is 2.31. The SMILES string of the molecule is CCCC1NCCc2c(Br)ccc(OC)c21. The Hall–Kier alpha value is -0.540. The van der Waals surface area contributed by atoms with E-state index in [2.05, 4.69) is 40.3 Å². The fourth-order valence-electron chi connectivity index (χ4n) is 2.44. The maximum absolute atomic E-state index is 5.48. The number of nitrogens with one attached hydrogen (secondary N) is 1. The zero-order chi connectivity index (χ0) is 11.5. The molecule has 0 aliphatic carbocycles. The van der Waals surface area contributed by atoms with Crippen molar-refractivity contribution in [3.63, 3.8) is 0 Å². The first-order chi connectivity index (χ1) is 7.77. The van der Waals surface area contributed by atoms with Gasteiger partial charge >= 0.3 is 0 Å². The third kappa shape index (κ3) is 2.11. The van der Waals surface area contributed by atoms with Crippen LogP contribution in [-0.2, 0) is 6.42 Å². The molecule has 2 nitrogen and oxygen atoms in total. The number of ether oxygens (including phenoxy) is 1. The molecule has 3 heteroatoms. The second-order valence-electron chi connectivity index (χ2n) is 4.19. The molecule has 1 N–H and O–H groups in total. The number of fused-ring (bicyclic) bond motifs is 1. The van der Waals surface area contributed by atoms with Gasteiger partial charge in [0.1, 0.15) is 5.75 Å². The van der Waals surface area contributed by atoms with Crippen LogP contribution in [0, 0.1) is 0 Å². The van der Waals surface area contributed by atoms with Crippen molar-refractivity contribution < 1.29 is 4.74 Å². The molecular weight excluding hydrogens is 266 g/mol. The van der Waals surface area contributed by atoms with Crippen molar-refractivity contribution in [2.75, 3.05) is 13.7 Å². The van der Waals surface area contributed by atoms with Crippen LogP contribution < -0.4 is 10.1 Å². The third-order valence-corrected chi connectivity index (χ3v) is 3.91. The van der Waals surface area contributed by atoms with Gasteiger partial charge in [-0.1, -0.05) is 29.3 Å². The molecule has 1 aliphatic rings. The number of rotatable bonds is 3. The molecule has 2 rings (SSSR count). The van der Waals surface area contributed by atoms with Crippen LogP contribution in [0.25, 0.3) is 0 Å². The van der Waals surface area contributed by atoms with E-state index >= 15 is 0 Å². The van der Waals surface area contributed by atoms with Gasteiger partial charge in [0.2, 0.25) is 0 Å². The van der Waals surface area contributed by atoms with Crippen molar-refractivity contribution >= 4 is 15.9 Å². The summed E-state index contributed by atoms with van der Waals surface area (Å²) in [5.41, 5.74) is 2.77. The quantitative estimate of drug-likeness (QED) is 0.918. The van der Waals surface area contributed by atoms with Gasteiger partial charge in [0.25, 0.3) is 0 Å². The minimum atomic E-state index is 0.446. The Bertz CT molecular complexity index is 378. The monoisotopic (exact) mass is 283 g/mol. The van der Waals surface area contributed by atoms with Gasteiger partial charge in [0, 0.05) is 16.1 Å². The Morgan fingerprint density at radius 2 is 2.31 bits per heavy atom. The summed E-state index contributed by atoms with van der Waals surface area (Å²) in [6, 6.07) is 4.59. The molecule has 0 radical (unpaired) electrons. The fourth-order valence-corrected chi connectivity index (χ4v) is 2.98. The molecule has 1 aliphatic heterocycles. The van der Waals surface area contributed by atoms with Crippen LogP contribution in [0.2, 0.25) is 0 Å². The van der Waals surface area contributed by atoms with Crippen LogP contribution in [0.1, 0.15) is 36.9 Å². The molecule has 1 unspecified atom stereocenters. The van der Waals surface area contributed by atoms with Crippen LogP contribution in [0.5, 0.6) is 5.75 Å². The minimum Gasteiger partial charge on any atom is -0.496 e. The highest BCUT2D eigenvalue weighted by molar-refractivity contribution is 9.10. The lowest BCUT2D eigenvalue weighted by Crippen LogP contribution is -2.30. The first-order valence-corrected chi connectivity index (χ1v) is 6.65. The summed E-state index contributed by atoms with van der Waals surface area (Å²) in [5.74, 6) is 1.02. The van der Waals surface area contributed by atoms with Crippen LogP contribution in [0.15, 0.2) is 16.6 Å². The topological polar surface area (TPSA) is 21.3 Å². The van der Waals surface area contributed by atoms with Gasteiger partial charge in [-0.15, -0.1) is 0 Å². The third-order valence-electron chi connectivity index (χ3n) is 3.17. The molecule has 0 amide bonds. The first-order valence-electron chi connectivity index (χ1n) is 5.86. The summed E-state index contributed by atoms with van der Waals surface area (Å²) in [7, 11) is 1.75. The summed E-state index contributed by atoms with van der Waals surface area (Å²) in [4.78, 5) is 0. The molecule has 0 bridgehead atoms. The average molecular weight is 284 g/mol. The highest BCUT2D eigenvalue weighted by atomic mass is 79.9. The Morgan fingerprint density at radius 1 is 1.50 bits per heavy atom. The maximum Gasteiger partial charge on any atom is 0.123 e. The summed E-state index contributed by atoms with van der Waals surface area (Å²) in [5, 5.41) is 3.58.